The fourth-order valence-electron chi connectivity index (χ4n) is 3.20. The van der Waals surface area contributed by atoms with E-state index in [1.165, 1.54) is 31.2 Å². The van der Waals surface area contributed by atoms with Crippen molar-refractivity contribution in [1.82, 2.24) is 5.32 Å². The molecule has 0 aliphatic heterocycles. The Morgan fingerprint density at radius 1 is 1.21 bits per heavy atom. The zero-order valence-electron chi connectivity index (χ0n) is 12.5. The molecule has 1 N–H and O–H groups in total. The Morgan fingerprint density at radius 2 is 1.89 bits per heavy atom. The second kappa shape index (κ2) is 6.95. The Bertz CT molecular complexity index is 385. The maximum atomic E-state index is 5.73. The number of ether oxygens (including phenoxy) is 1. The van der Waals surface area contributed by atoms with E-state index < -0.39 is 0 Å². The molecule has 2 heteroatoms. The van der Waals surface area contributed by atoms with E-state index in [2.05, 4.69) is 37.4 Å². The van der Waals surface area contributed by atoms with Crippen molar-refractivity contribution in [2.75, 3.05) is 6.61 Å². The van der Waals surface area contributed by atoms with Gasteiger partial charge in [-0.25, -0.2) is 0 Å². The standard InChI is InChI=1S/C17H27NO/c1-4-19-17-12-8-7-11-16(17)14(3)18-13(2)15-9-5-6-10-15/h7-8,11-15,18H,4-6,9-10H2,1-3H3/t13-,14?/m0/s1. The first-order chi connectivity index (χ1) is 9.22. The quantitative estimate of drug-likeness (QED) is 0.823. The summed E-state index contributed by atoms with van der Waals surface area (Å²) >= 11 is 0. The van der Waals surface area contributed by atoms with Gasteiger partial charge in [-0.2, -0.15) is 0 Å². The van der Waals surface area contributed by atoms with Crippen LogP contribution in [0.1, 0.15) is 58.1 Å². The van der Waals surface area contributed by atoms with Crippen molar-refractivity contribution in [2.45, 2.75) is 58.5 Å². The maximum absolute atomic E-state index is 5.73. The normalized spacial score (nSPS) is 19.3. The predicted octanol–water partition coefficient (Wildman–Crippen LogP) is 4.31. The van der Waals surface area contributed by atoms with Crippen LogP contribution in [0.2, 0.25) is 0 Å². The molecule has 1 aliphatic rings. The number of hydrogen-bond donors (Lipinski definition) is 1. The lowest BCUT2D eigenvalue weighted by Crippen LogP contribution is -2.34. The topological polar surface area (TPSA) is 21.3 Å². The van der Waals surface area contributed by atoms with Gasteiger partial charge < -0.3 is 10.1 Å². The number of nitrogens with one attached hydrogen (secondary N) is 1. The van der Waals surface area contributed by atoms with Gasteiger partial charge in [0, 0.05) is 17.6 Å². The van der Waals surface area contributed by atoms with Crippen LogP contribution < -0.4 is 10.1 Å². The molecule has 0 aromatic heterocycles. The van der Waals surface area contributed by atoms with Crippen LogP contribution in [-0.4, -0.2) is 12.6 Å². The molecule has 1 unspecified atom stereocenters. The third-order valence-electron chi connectivity index (χ3n) is 4.31. The molecule has 0 spiro atoms. The molecule has 19 heavy (non-hydrogen) atoms. The highest BCUT2D eigenvalue weighted by atomic mass is 16.5. The second-order valence-corrected chi connectivity index (χ2v) is 5.69. The van der Waals surface area contributed by atoms with Gasteiger partial charge in [-0.1, -0.05) is 31.0 Å². The van der Waals surface area contributed by atoms with Crippen LogP contribution in [0.25, 0.3) is 0 Å². The minimum atomic E-state index is 0.346. The third kappa shape index (κ3) is 3.73. The van der Waals surface area contributed by atoms with E-state index >= 15 is 0 Å². The first-order valence-corrected chi connectivity index (χ1v) is 7.70. The summed E-state index contributed by atoms with van der Waals surface area (Å²) < 4.78 is 5.73. The maximum Gasteiger partial charge on any atom is 0.124 e. The molecule has 0 heterocycles. The molecule has 2 atom stereocenters. The van der Waals surface area contributed by atoms with Gasteiger partial charge in [0.2, 0.25) is 0 Å². The number of hydrogen-bond acceptors (Lipinski definition) is 2. The van der Waals surface area contributed by atoms with Crippen molar-refractivity contribution in [3.05, 3.63) is 29.8 Å². The lowest BCUT2D eigenvalue weighted by Gasteiger charge is -2.26. The summed E-state index contributed by atoms with van der Waals surface area (Å²) in [5, 5.41) is 3.76. The molecular weight excluding hydrogens is 234 g/mol. The van der Waals surface area contributed by atoms with E-state index in [0.29, 0.717) is 12.1 Å². The molecule has 2 rings (SSSR count). The Morgan fingerprint density at radius 3 is 2.58 bits per heavy atom. The largest absolute Gasteiger partial charge is 0.494 e. The molecule has 0 saturated heterocycles. The van der Waals surface area contributed by atoms with Gasteiger partial charge in [0.1, 0.15) is 5.75 Å². The van der Waals surface area contributed by atoms with Crippen molar-refractivity contribution < 1.29 is 4.74 Å². The summed E-state index contributed by atoms with van der Waals surface area (Å²) in [6, 6.07) is 9.31. The predicted molar refractivity (Wildman–Crippen MR) is 80.6 cm³/mol. The van der Waals surface area contributed by atoms with Crippen LogP contribution in [0.15, 0.2) is 24.3 Å². The van der Waals surface area contributed by atoms with Crippen LogP contribution in [0, 0.1) is 5.92 Å². The van der Waals surface area contributed by atoms with Gasteiger partial charge in [-0.15, -0.1) is 0 Å². The van der Waals surface area contributed by atoms with Crippen LogP contribution in [-0.2, 0) is 0 Å². The van der Waals surface area contributed by atoms with Crippen molar-refractivity contribution >= 4 is 0 Å². The monoisotopic (exact) mass is 261 g/mol. The van der Waals surface area contributed by atoms with Crippen molar-refractivity contribution in [3.63, 3.8) is 0 Å². The van der Waals surface area contributed by atoms with Crippen LogP contribution in [0.4, 0.5) is 0 Å². The highest BCUT2D eigenvalue weighted by Gasteiger charge is 2.23. The fourth-order valence-corrected chi connectivity index (χ4v) is 3.20. The van der Waals surface area contributed by atoms with E-state index in [-0.39, 0.29) is 0 Å². The van der Waals surface area contributed by atoms with Gasteiger partial charge in [-0.05, 0) is 45.6 Å². The average Bonchev–Trinajstić information content (AvgIpc) is 2.93. The third-order valence-corrected chi connectivity index (χ3v) is 4.31. The van der Waals surface area contributed by atoms with Crippen molar-refractivity contribution in [1.29, 1.82) is 0 Å². The second-order valence-electron chi connectivity index (χ2n) is 5.69. The Balaban J connectivity index is 2.00. The average molecular weight is 261 g/mol. The van der Waals surface area contributed by atoms with E-state index in [1.54, 1.807) is 0 Å². The molecule has 1 aliphatic carbocycles. The molecule has 1 saturated carbocycles. The van der Waals surface area contributed by atoms with E-state index in [9.17, 15) is 0 Å². The number of rotatable bonds is 6. The molecule has 0 amide bonds. The Kier molecular flexibility index (Phi) is 5.26. The van der Waals surface area contributed by atoms with Crippen LogP contribution >= 0.6 is 0 Å². The number of benzene rings is 1. The minimum Gasteiger partial charge on any atom is -0.494 e. The summed E-state index contributed by atoms with van der Waals surface area (Å²) in [5.74, 6) is 1.87. The van der Waals surface area contributed by atoms with E-state index in [0.717, 1.165) is 18.3 Å². The van der Waals surface area contributed by atoms with Gasteiger partial charge in [0.05, 0.1) is 6.61 Å². The highest BCUT2D eigenvalue weighted by Crippen LogP contribution is 2.30. The number of para-hydroxylation sites is 1. The first-order valence-electron chi connectivity index (χ1n) is 7.70. The van der Waals surface area contributed by atoms with E-state index in [1.807, 2.05) is 13.0 Å². The van der Waals surface area contributed by atoms with Crippen LogP contribution in [0.3, 0.4) is 0 Å². The minimum absolute atomic E-state index is 0.346. The lowest BCUT2D eigenvalue weighted by molar-refractivity contribution is 0.320. The zero-order chi connectivity index (χ0) is 13.7. The van der Waals surface area contributed by atoms with Gasteiger partial charge >= 0.3 is 0 Å². The SMILES string of the molecule is CCOc1ccccc1C(C)N[C@@H](C)C1CCCC1. The molecule has 0 radical (unpaired) electrons. The Labute approximate surface area is 117 Å². The van der Waals surface area contributed by atoms with Crippen LogP contribution in [0.5, 0.6) is 5.75 Å². The van der Waals surface area contributed by atoms with Crippen molar-refractivity contribution in [2.24, 2.45) is 5.92 Å². The van der Waals surface area contributed by atoms with E-state index in [4.69, 9.17) is 4.74 Å². The summed E-state index contributed by atoms with van der Waals surface area (Å²) in [5.41, 5.74) is 1.27. The lowest BCUT2D eigenvalue weighted by atomic mass is 9.97. The highest BCUT2D eigenvalue weighted by molar-refractivity contribution is 5.35. The molecule has 0 bridgehead atoms. The summed E-state index contributed by atoms with van der Waals surface area (Å²) in [6.07, 6.45) is 5.57. The molecule has 106 valence electrons. The summed E-state index contributed by atoms with van der Waals surface area (Å²) in [7, 11) is 0. The molecule has 1 aromatic carbocycles. The molecule has 1 fully saturated rings. The zero-order valence-corrected chi connectivity index (χ0v) is 12.5. The van der Waals surface area contributed by atoms with Gasteiger partial charge in [0.15, 0.2) is 0 Å². The van der Waals surface area contributed by atoms with Gasteiger partial charge in [0.25, 0.3) is 0 Å². The molecular formula is C17H27NO. The summed E-state index contributed by atoms with van der Waals surface area (Å²) in [4.78, 5) is 0. The smallest absolute Gasteiger partial charge is 0.124 e. The fraction of sp³-hybridized carbons (Fsp3) is 0.647. The van der Waals surface area contributed by atoms with Gasteiger partial charge in [-0.3, -0.25) is 0 Å². The first kappa shape index (κ1) is 14.4. The molecule has 1 aromatic rings. The Hall–Kier alpha value is -1.02. The van der Waals surface area contributed by atoms with Crippen molar-refractivity contribution in [3.8, 4) is 5.75 Å². The molecule has 2 nitrogen and oxygen atoms in total. The summed E-state index contributed by atoms with van der Waals surface area (Å²) in [6.45, 7) is 7.33.